The SMILES string of the molecule is OCC(O)CNc1cc(Cl)ccc1Oc1ccccc1Cl. The number of aliphatic hydroxyl groups excluding tert-OH is 2. The predicted octanol–water partition coefficient (Wildman–Crippen LogP) is 3.55. The van der Waals surface area contributed by atoms with Gasteiger partial charge in [-0.05, 0) is 30.3 Å². The van der Waals surface area contributed by atoms with Crippen LogP contribution in [0.4, 0.5) is 5.69 Å². The van der Waals surface area contributed by atoms with E-state index in [2.05, 4.69) is 5.32 Å². The molecule has 2 rings (SSSR count). The molecule has 21 heavy (non-hydrogen) atoms. The van der Waals surface area contributed by atoms with Gasteiger partial charge in [0.1, 0.15) is 5.75 Å². The van der Waals surface area contributed by atoms with Gasteiger partial charge in [-0.25, -0.2) is 0 Å². The van der Waals surface area contributed by atoms with Crippen molar-refractivity contribution in [2.75, 3.05) is 18.5 Å². The van der Waals surface area contributed by atoms with Crippen LogP contribution in [0.2, 0.25) is 10.0 Å². The van der Waals surface area contributed by atoms with E-state index in [1.807, 2.05) is 12.1 Å². The summed E-state index contributed by atoms with van der Waals surface area (Å²) in [6, 6.07) is 12.2. The summed E-state index contributed by atoms with van der Waals surface area (Å²) in [6.07, 6.45) is -0.864. The van der Waals surface area contributed by atoms with Crippen molar-refractivity contribution in [1.29, 1.82) is 0 Å². The molecule has 0 fully saturated rings. The van der Waals surface area contributed by atoms with Crippen LogP contribution in [0.15, 0.2) is 42.5 Å². The Kier molecular flexibility index (Phi) is 5.70. The van der Waals surface area contributed by atoms with Crippen molar-refractivity contribution in [2.24, 2.45) is 0 Å². The molecule has 0 aromatic heterocycles. The molecule has 0 spiro atoms. The Balaban J connectivity index is 2.20. The van der Waals surface area contributed by atoms with Gasteiger partial charge in [-0.15, -0.1) is 0 Å². The van der Waals surface area contributed by atoms with E-state index < -0.39 is 6.10 Å². The fraction of sp³-hybridized carbons (Fsp3) is 0.200. The fourth-order valence-corrected chi connectivity index (χ4v) is 2.01. The Morgan fingerprint density at radius 2 is 1.86 bits per heavy atom. The summed E-state index contributed by atoms with van der Waals surface area (Å²) < 4.78 is 5.76. The second-order valence-corrected chi connectivity index (χ2v) is 5.23. The standard InChI is InChI=1S/C15H15Cl2NO3/c16-10-5-6-15(13(7-10)18-8-11(20)9-19)21-14-4-2-1-3-12(14)17/h1-7,11,18-20H,8-9H2. The molecule has 4 nitrogen and oxygen atoms in total. The van der Waals surface area contributed by atoms with Crippen molar-refractivity contribution in [1.82, 2.24) is 0 Å². The zero-order chi connectivity index (χ0) is 15.2. The van der Waals surface area contributed by atoms with Crippen LogP contribution in [-0.4, -0.2) is 29.5 Å². The van der Waals surface area contributed by atoms with Crippen LogP contribution >= 0.6 is 23.2 Å². The van der Waals surface area contributed by atoms with Crippen molar-refractivity contribution < 1.29 is 14.9 Å². The van der Waals surface area contributed by atoms with Gasteiger partial charge in [0.25, 0.3) is 0 Å². The number of halogens is 2. The summed E-state index contributed by atoms with van der Waals surface area (Å²) >= 11 is 12.0. The molecule has 0 aliphatic carbocycles. The number of nitrogens with one attached hydrogen (secondary N) is 1. The minimum Gasteiger partial charge on any atom is -0.454 e. The van der Waals surface area contributed by atoms with Crippen molar-refractivity contribution in [2.45, 2.75) is 6.10 Å². The van der Waals surface area contributed by atoms with Crippen LogP contribution in [0.25, 0.3) is 0 Å². The Bertz CT molecular complexity index is 607. The van der Waals surface area contributed by atoms with Gasteiger partial charge in [0.05, 0.1) is 23.4 Å². The van der Waals surface area contributed by atoms with E-state index in [9.17, 15) is 5.11 Å². The Labute approximate surface area is 132 Å². The van der Waals surface area contributed by atoms with Gasteiger partial charge < -0.3 is 20.3 Å². The average molecular weight is 328 g/mol. The highest BCUT2D eigenvalue weighted by molar-refractivity contribution is 6.32. The predicted molar refractivity (Wildman–Crippen MR) is 84.6 cm³/mol. The minimum absolute atomic E-state index is 0.176. The lowest BCUT2D eigenvalue weighted by atomic mass is 10.2. The second kappa shape index (κ2) is 7.52. The monoisotopic (exact) mass is 327 g/mol. The molecule has 0 heterocycles. The number of anilines is 1. The van der Waals surface area contributed by atoms with E-state index in [1.165, 1.54) is 0 Å². The number of benzene rings is 2. The van der Waals surface area contributed by atoms with Gasteiger partial charge in [-0.1, -0.05) is 35.3 Å². The van der Waals surface area contributed by atoms with Crippen molar-refractivity contribution in [3.63, 3.8) is 0 Å². The quantitative estimate of drug-likeness (QED) is 0.759. The molecule has 2 aromatic rings. The number of hydrogen-bond acceptors (Lipinski definition) is 4. The summed E-state index contributed by atoms with van der Waals surface area (Å²) in [7, 11) is 0. The Morgan fingerprint density at radius 3 is 2.57 bits per heavy atom. The second-order valence-electron chi connectivity index (χ2n) is 4.39. The van der Waals surface area contributed by atoms with Gasteiger partial charge >= 0.3 is 0 Å². The summed E-state index contributed by atoms with van der Waals surface area (Å²) in [5, 5.41) is 22.3. The number of hydrogen-bond donors (Lipinski definition) is 3. The molecule has 0 aliphatic rings. The van der Waals surface area contributed by atoms with Gasteiger partial charge in [0.2, 0.25) is 0 Å². The van der Waals surface area contributed by atoms with E-state index in [-0.39, 0.29) is 13.2 Å². The third kappa shape index (κ3) is 4.51. The molecule has 0 radical (unpaired) electrons. The van der Waals surface area contributed by atoms with Gasteiger partial charge in [0, 0.05) is 11.6 Å². The first-order chi connectivity index (χ1) is 10.1. The van der Waals surface area contributed by atoms with Crippen LogP contribution in [0, 0.1) is 0 Å². The van der Waals surface area contributed by atoms with E-state index in [0.29, 0.717) is 27.2 Å². The van der Waals surface area contributed by atoms with E-state index >= 15 is 0 Å². The molecule has 1 unspecified atom stereocenters. The summed E-state index contributed by atoms with van der Waals surface area (Å²) in [4.78, 5) is 0. The maximum absolute atomic E-state index is 9.41. The molecular weight excluding hydrogens is 313 g/mol. The molecule has 1 atom stereocenters. The first-order valence-corrected chi connectivity index (χ1v) is 7.10. The summed E-state index contributed by atoms with van der Waals surface area (Å²) in [5.41, 5.74) is 0.606. The normalized spacial score (nSPS) is 12.0. The lowest BCUT2D eigenvalue weighted by Crippen LogP contribution is -2.23. The molecule has 112 valence electrons. The molecular formula is C15H15Cl2NO3. The molecule has 0 amide bonds. The van der Waals surface area contributed by atoms with Gasteiger partial charge in [-0.3, -0.25) is 0 Å². The molecule has 2 aromatic carbocycles. The largest absolute Gasteiger partial charge is 0.454 e. The fourth-order valence-electron chi connectivity index (χ4n) is 1.67. The maximum Gasteiger partial charge on any atom is 0.150 e. The minimum atomic E-state index is -0.864. The molecule has 6 heteroatoms. The molecule has 3 N–H and O–H groups in total. The molecule has 0 saturated heterocycles. The van der Waals surface area contributed by atoms with Crippen molar-refractivity contribution in [3.8, 4) is 11.5 Å². The highest BCUT2D eigenvalue weighted by Crippen LogP contribution is 2.35. The first kappa shape index (κ1) is 15.9. The zero-order valence-corrected chi connectivity index (χ0v) is 12.6. The number of rotatable bonds is 6. The summed E-state index contributed by atoms with van der Waals surface area (Å²) in [6.45, 7) is -0.149. The average Bonchev–Trinajstić information content (AvgIpc) is 2.49. The van der Waals surface area contributed by atoms with Gasteiger partial charge in [-0.2, -0.15) is 0 Å². The van der Waals surface area contributed by atoms with E-state index in [4.69, 9.17) is 33.0 Å². The summed E-state index contributed by atoms with van der Waals surface area (Å²) in [5.74, 6) is 1.05. The number of ether oxygens (including phenoxy) is 1. The van der Waals surface area contributed by atoms with Crippen LogP contribution < -0.4 is 10.1 Å². The maximum atomic E-state index is 9.41. The van der Waals surface area contributed by atoms with Crippen LogP contribution in [0.5, 0.6) is 11.5 Å². The Hall–Kier alpha value is -1.46. The Morgan fingerprint density at radius 1 is 1.10 bits per heavy atom. The van der Waals surface area contributed by atoms with E-state index in [1.54, 1.807) is 30.3 Å². The van der Waals surface area contributed by atoms with Crippen molar-refractivity contribution in [3.05, 3.63) is 52.5 Å². The smallest absolute Gasteiger partial charge is 0.150 e. The third-order valence-corrected chi connectivity index (χ3v) is 3.28. The highest BCUT2D eigenvalue weighted by atomic mass is 35.5. The lowest BCUT2D eigenvalue weighted by Gasteiger charge is -2.15. The number of aliphatic hydroxyl groups is 2. The molecule has 0 aliphatic heterocycles. The van der Waals surface area contributed by atoms with Crippen LogP contribution in [0.3, 0.4) is 0 Å². The molecule has 0 saturated carbocycles. The molecule has 0 bridgehead atoms. The third-order valence-electron chi connectivity index (χ3n) is 2.74. The van der Waals surface area contributed by atoms with E-state index in [0.717, 1.165) is 0 Å². The zero-order valence-electron chi connectivity index (χ0n) is 11.1. The highest BCUT2D eigenvalue weighted by Gasteiger charge is 2.10. The first-order valence-electron chi connectivity index (χ1n) is 6.35. The van der Waals surface area contributed by atoms with Crippen LogP contribution in [0.1, 0.15) is 0 Å². The van der Waals surface area contributed by atoms with Crippen molar-refractivity contribution >= 4 is 28.9 Å². The number of para-hydroxylation sites is 1. The topological polar surface area (TPSA) is 61.7 Å². The van der Waals surface area contributed by atoms with Crippen LogP contribution in [-0.2, 0) is 0 Å². The lowest BCUT2D eigenvalue weighted by molar-refractivity contribution is 0.105. The van der Waals surface area contributed by atoms with Gasteiger partial charge in [0.15, 0.2) is 5.75 Å².